The number of aliphatic carboxylic acids is 1. The fourth-order valence-corrected chi connectivity index (χ4v) is 4.36. The van der Waals surface area contributed by atoms with E-state index in [-0.39, 0.29) is 0 Å². The molecule has 0 atom stereocenters. The zero-order valence-electron chi connectivity index (χ0n) is 15.3. The second kappa shape index (κ2) is 9.56. The molecule has 1 aromatic carbocycles. The van der Waals surface area contributed by atoms with Gasteiger partial charge < -0.3 is 9.94 Å². The van der Waals surface area contributed by atoms with Crippen LogP contribution in [0.2, 0.25) is 10.0 Å². The predicted molar refractivity (Wildman–Crippen MR) is 114 cm³/mol. The zero-order chi connectivity index (χ0) is 20.1. The van der Waals surface area contributed by atoms with Crippen molar-refractivity contribution in [2.24, 2.45) is 5.16 Å². The van der Waals surface area contributed by atoms with Gasteiger partial charge in [0.05, 0.1) is 9.90 Å². The summed E-state index contributed by atoms with van der Waals surface area (Å²) in [5.41, 5.74) is 2.94. The number of hydrogen-bond acceptors (Lipinski definition) is 5. The number of carboxylic acids is 1. The van der Waals surface area contributed by atoms with Gasteiger partial charge in [0, 0.05) is 35.8 Å². The molecule has 8 heteroatoms. The third kappa shape index (κ3) is 5.14. The van der Waals surface area contributed by atoms with Crippen LogP contribution >= 0.6 is 34.5 Å². The fraction of sp³-hybridized carbons (Fsp3) is 0.300. The number of oxime groups is 1. The Labute approximate surface area is 177 Å². The molecule has 0 unspecified atom stereocenters. The van der Waals surface area contributed by atoms with Crippen LogP contribution in [-0.2, 0) is 9.63 Å². The molecule has 2 heterocycles. The highest BCUT2D eigenvalue weighted by Crippen LogP contribution is 2.27. The Kier molecular flexibility index (Phi) is 7.13. The van der Waals surface area contributed by atoms with Gasteiger partial charge in [0.2, 0.25) is 0 Å². The maximum atomic E-state index is 11.1. The maximum Gasteiger partial charge on any atom is 0.332 e. The molecule has 0 amide bonds. The van der Waals surface area contributed by atoms with E-state index in [4.69, 9.17) is 33.1 Å². The quantitative estimate of drug-likeness (QED) is 0.381. The van der Waals surface area contributed by atoms with Gasteiger partial charge in [0.1, 0.15) is 12.3 Å². The van der Waals surface area contributed by atoms with Gasteiger partial charge >= 0.3 is 5.97 Å². The van der Waals surface area contributed by atoms with Crippen LogP contribution < -0.4 is 0 Å². The smallest absolute Gasteiger partial charge is 0.332 e. The standard InChI is InChI=1S/C20H20Cl2N2O3S/c1-13-6-10-28-19(13)18(16-5-4-15(21)11-17(16)22)23-27-9-8-24-7-2-3-14(12-24)20(25)26/h3-6,10-11H,2,7-9,12H2,1H3,(H,25,26)/b23-18+. The molecular formula is C20H20Cl2N2O3S. The van der Waals surface area contributed by atoms with Crippen molar-refractivity contribution in [2.45, 2.75) is 13.3 Å². The second-order valence-corrected chi connectivity index (χ2v) is 8.19. The molecular weight excluding hydrogens is 419 g/mol. The Bertz CT molecular complexity index is 924. The highest BCUT2D eigenvalue weighted by molar-refractivity contribution is 7.12. The van der Waals surface area contributed by atoms with Crippen LogP contribution in [0.3, 0.4) is 0 Å². The minimum absolute atomic E-state index is 0.353. The number of rotatable bonds is 7. The number of carboxylic acid groups (broad SMARTS) is 1. The summed E-state index contributed by atoms with van der Waals surface area (Å²) in [5, 5.41) is 16.6. The molecule has 1 N–H and O–H groups in total. The van der Waals surface area contributed by atoms with Crippen LogP contribution in [0.4, 0.5) is 0 Å². The van der Waals surface area contributed by atoms with E-state index in [2.05, 4.69) is 5.16 Å². The minimum Gasteiger partial charge on any atom is -0.478 e. The van der Waals surface area contributed by atoms with Gasteiger partial charge in [0.15, 0.2) is 0 Å². The summed E-state index contributed by atoms with van der Waals surface area (Å²) in [5.74, 6) is -0.864. The van der Waals surface area contributed by atoms with Crippen LogP contribution in [0.1, 0.15) is 22.4 Å². The first-order chi connectivity index (χ1) is 13.5. The van der Waals surface area contributed by atoms with E-state index in [9.17, 15) is 4.79 Å². The van der Waals surface area contributed by atoms with Crippen molar-refractivity contribution < 1.29 is 14.7 Å². The van der Waals surface area contributed by atoms with Gasteiger partial charge in [-0.25, -0.2) is 4.79 Å². The lowest BCUT2D eigenvalue weighted by Crippen LogP contribution is -2.34. The molecule has 0 saturated heterocycles. The van der Waals surface area contributed by atoms with Gasteiger partial charge in [0.25, 0.3) is 0 Å². The van der Waals surface area contributed by atoms with Gasteiger partial charge in [-0.05, 0) is 48.6 Å². The van der Waals surface area contributed by atoms with E-state index >= 15 is 0 Å². The summed E-state index contributed by atoms with van der Waals surface area (Å²) in [4.78, 5) is 19.8. The second-order valence-electron chi connectivity index (χ2n) is 6.43. The summed E-state index contributed by atoms with van der Waals surface area (Å²) in [7, 11) is 0. The molecule has 28 heavy (non-hydrogen) atoms. The Morgan fingerprint density at radius 2 is 2.18 bits per heavy atom. The van der Waals surface area contributed by atoms with Crippen LogP contribution in [-0.4, -0.2) is 47.9 Å². The van der Waals surface area contributed by atoms with Gasteiger partial charge in [-0.15, -0.1) is 11.3 Å². The van der Waals surface area contributed by atoms with Crippen LogP contribution in [0, 0.1) is 6.92 Å². The molecule has 0 spiro atoms. The minimum atomic E-state index is -0.864. The number of hydrogen-bond donors (Lipinski definition) is 1. The van der Waals surface area contributed by atoms with Crippen LogP contribution in [0.25, 0.3) is 0 Å². The maximum absolute atomic E-state index is 11.1. The molecule has 0 radical (unpaired) electrons. The van der Waals surface area contributed by atoms with Crippen LogP contribution in [0.15, 0.2) is 46.5 Å². The van der Waals surface area contributed by atoms with Gasteiger partial charge in [-0.2, -0.15) is 0 Å². The molecule has 1 aliphatic rings. The molecule has 0 bridgehead atoms. The third-order valence-electron chi connectivity index (χ3n) is 4.42. The van der Waals surface area contributed by atoms with E-state index in [1.165, 1.54) is 0 Å². The van der Waals surface area contributed by atoms with Gasteiger partial charge in [-0.1, -0.05) is 34.4 Å². The molecule has 0 saturated carbocycles. The Balaban J connectivity index is 1.71. The number of thiophene rings is 1. The SMILES string of the molecule is Cc1ccsc1/C(=N/OCCN1CCC=C(C(=O)O)C1)c1ccc(Cl)cc1Cl. The van der Waals surface area contributed by atoms with E-state index in [1.807, 2.05) is 29.3 Å². The molecule has 1 aliphatic heterocycles. The lowest BCUT2D eigenvalue weighted by molar-refractivity contribution is -0.133. The normalized spacial score (nSPS) is 15.4. The number of nitrogens with zero attached hydrogens (tertiary/aromatic N) is 2. The van der Waals surface area contributed by atoms with Crippen molar-refractivity contribution in [3.05, 3.63) is 67.3 Å². The van der Waals surface area contributed by atoms with E-state index in [0.29, 0.717) is 41.0 Å². The third-order valence-corrected chi connectivity index (χ3v) is 5.99. The topological polar surface area (TPSA) is 62.1 Å². The highest BCUT2D eigenvalue weighted by atomic mass is 35.5. The summed E-state index contributed by atoms with van der Waals surface area (Å²) >= 11 is 14.0. The number of benzene rings is 1. The fourth-order valence-electron chi connectivity index (χ4n) is 2.94. The monoisotopic (exact) mass is 438 g/mol. The van der Waals surface area contributed by atoms with E-state index in [0.717, 1.165) is 29.0 Å². The zero-order valence-corrected chi connectivity index (χ0v) is 17.7. The van der Waals surface area contributed by atoms with Crippen molar-refractivity contribution in [1.82, 2.24) is 4.90 Å². The molecule has 1 aromatic heterocycles. The molecule has 148 valence electrons. The summed E-state index contributed by atoms with van der Waals surface area (Å²) in [6.45, 7) is 4.19. The van der Waals surface area contributed by atoms with Crippen molar-refractivity contribution in [3.8, 4) is 0 Å². The number of aryl methyl sites for hydroxylation is 1. The predicted octanol–water partition coefficient (Wildman–Crippen LogP) is 4.85. The lowest BCUT2D eigenvalue weighted by Gasteiger charge is -2.24. The average molecular weight is 439 g/mol. The first-order valence-corrected chi connectivity index (χ1v) is 10.4. The summed E-state index contributed by atoms with van der Waals surface area (Å²) in [6, 6.07) is 7.31. The van der Waals surface area contributed by atoms with Crippen molar-refractivity contribution >= 4 is 46.2 Å². The molecule has 5 nitrogen and oxygen atoms in total. The molecule has 0 aliphatic carbocycles. The number of carbonyl (C=O) groups is 1. The van der Waals surface area contributed by atoms with Crippen molar-refractivity contribution in [1.29, 1.82) is 0 Å². The summed E-state index contributed by atoms with van der Waals surface area (Å²) in [6.07, 6.45) is 2.50. The average Bonchev–Trinajstić information content (AvgIpc) is 3.08. The van der Waals surface area contributed by atoms with Gasteiger partial charge in [-0.3, -0.25) is 4.90 Å². The van der Waals surface area contributed by atoms with Crippen LogP contribution in [0.5, 0.6) is 0 Å². The van der Waals surface area contributed by atoms with E-state index in [1.54, 1.807) is 29.5 Å². The highest BCUT2D eigenvalue weighted by Gasteiger charge is 2.18. The Morgan fingerprint density at radius 3 is 2.86 bits per heavy atom. The van der Waals surface area contributed by atoms with Crippen molar-refractivity contribution in [3.63, 3.8) is 0 Å². The first kappa shape index (κ1) is 20.9. The Hall–Kier alpha value is -1.86. The first-order valence-electron chi connectivity index (χ1n) is 8.80. The van der Waals surface area contributed by atoms with Crippen molar-refractivity contribution in [2.75, 3.05) is 26.2 Å². The summed E-state index contributed by atoms with van der Waals surface area (Å²) < 4.78 is 0. The molecule has 3 rings (SSSR count). The Morgan fingerprint density at radius 1 is 1.36 bits per heavy atom. The number of halogens is 2. The lowest BCUT2D eigenvalue weighted by atomic mass is 10.1. The largest absolute Gasteiger partial charge is 0.478 e. The van der Waals surface area contributed by atoms with E-state index < -0.39 is 5.97 Å². The molecule has 0 fully saturated rings. The molecule has 2 aromatic rings.